The van der Waals surface area contributed by atoms with Gasteiger partial charge in [0.15, 0.2) is 0 Å². The molecule has 0 unspecified atom stereocenters. The van der Waals surface area contributed by atoms with Crippen LogP contribution in [-0.4, -0.2) is 21.5 Å². The van der Waals surface area contributed by atoms with Crippen LogP contribution in [0.5, 0.6) is 0 Å². The zero-order chi connectivity index (χ0) is 13.0. The van der Waals surface area contributed by atoms with Crippen LogP contribution in [0.2, 0.25) is 0 Å². The molecule has 1 aromatic heterocycles. The van der Waals surface area contributed by atoms with E-state index in [4.69, 9.17) is 5.11 Å². The molecule has 0 saturated carbocycles. The molecule has 2 aromatic rings. The lowest BCUT2D eigenvalue weighted by atomic mass is 10.1. The number of aromatic nitrogens is 2. The number of aliphatic hydroxyl groups is 1. The van der Waals surface area contributed by atoms with Crippen LogP contribution in [0.15, 0.2) is 34.9 Å². The monoisotopic (exact) mass is 308 g/mol. The molecule has 1 aromatic carbocycles. The van der Waals surface area contributed by atoms with E-state index in [1.54, 1.807) is 0 Å². The lowest BCUT2D eigenvalue weighted by molar-refractivity contribution is 0.287. The molecule has 1 heterocycles. The number of hydrogen-bond donors (Lipinski definition) is 1. The van der Waals surface area contributed by atoms with Crippen LogP contribution in [0.25, 0.3) is 0 Å². The summed E-state index contributed by atoms with van der Waals surface area (Å²) in [5.41, 5.74) is 3.65. The fourth-order valence-electron chi connectivity index (χ4n) is 1.89. The van der Waals surface area contributed by atoms with Crippen molar-refractivity contribution in [1.29, 1.82) is 0 Å². The molecule has 0 radical (unpaired) electrons. The van der Waals surface area contributed by atoms with Gasteiger partial charge in [0.25, 0.3) is 0 Å². The first-order valence-corrected chi connectivity index (χ1v) is 6.86. The largest absolute Gasteiger partial charge is 0.396 e. The predicted octanol–water partition coefficient (Wildman–Crippen LogP) is 2.93. The van der Waals surface area contributed by atoms with Gasteiger partial charge in [0.2, 0.25) is 0 Å². The highest BCUT2D eigenvalue weighted by Gasteiger charge is 2.08. The Kier molecular flexibility index (Phi) is 4.55. The Morgan fingerprint density at radius 1 is 1.28 bits per heavy atom. The van der Waals surface area contributed by atoms with E-state index in [9.17, 15) is 0 Å². The molecule has 4 heteroatoms. The molecule has 96 valence electrons. The first kappa shape index (κ1) is 13.3. The van der Waals surface area contributed by atoms with Gasteiger partial charge in [-0.15, -0.1) is 0 Å². The van der Waals surface area contributed by atoms with Crippen LogP contribution in [0, 0.1) is 6.92 Å². The molecule has 0 saturated heterocycles. The van der Waals surface area contributed by atoms with Crippen molar-refractivity contribution in [1.82, 2.24) is 9.78 Å². The van der Waals surface area contributed by atoms with E-state index >= 15 is 0 Å². The van der Waals surface area contributed by atoms with Crippen LogP contribution in [0.3, 0.4) is 0 Å². The van der Waals surface area contributed by atoms with Crippen molar-refractivity contribution in [3.8, 4) is 0 Å². The zero-order valence-corrected chi connectivity index (χ0v) is 12.0. The molecular weight excluding hydrogens is 292 g/mol. The maximum Gasteiger partial charge on any atom is 0.0663 e. The Morgan fingerprint density at radius 2 is 2.00 bits per heavy atom. The number of hydrogen-bond acceptors (Lipinski definition) is 2. The Bertz CT molecular complexity index is 505. The number of halogens is 1. The van der Waals surface area contributed by atoms with Gasteiger partial charge in [-0.25, -0.2) is 0 Å². The minimum absolute atomic E-state index is 0.210. The van der Waals surface area contributed by atoms with E-state index in [2.05, 4.69) is 52.2 Å². The van der Waals surface area contributed by atoms with Crippen molar-refractivity contribution >= 4 is 15.9 Å². The van der Waals surface area contributed by atoms with Gasteiger partial charge < -0.3 is 5.11 Å². The highest BCUT2D eigenvalue weighted by molar-refractivity contribution is 9.10. The number of rotatable bonds is 5. The molecule has 0 atom stereocenters. The first-order valence-electron chi connectivity index (χ1n) is 6.07. The minimum atomic E-state index is 0.210. The molecule has 1 N–H and O–H groups in total. The molecular formula is C14H17BrN2O. The molecule has 0 fully saturated rings. The third-order valence-electron chi connectivity index (χ3n) is 2.92. The normalized spacial score (nSPS) is 10.8. The standard InChI is InChI=1S/C14H17BrN2O/c1-11-4-6-12(7-5-11)10-17-14(3-2-8-18)13(15)9-16-17/h4-7,9,18H,2-3,8,10H2,1H3. The van der Waals surface area contributed by atoms with Gasteiger partial charge in [-0.2, -0.15) is 5.10 Å². The topological polar surface area (TPSA) is 38.0 Å². The van der Waals surface area contributed by atoms with Crippen LogP contribution >= 0.6 is 15.9 Å². The predicted molar refractivity (Wildman–Crippen MR) is 75.6 cm³/mol. The number of aryl methyl sites for hydroxylation is 1. The summed E-state index contributed by atoms with van der Waals surface area (Å²) in [7, 11) is 0. The SMILES string of the molecule is Cc1ccc(Cn2ncc(Br)c2CCCO)cc1. The van der Waals surface area contributed by atoms with E-state index in [1.165, 1.54) is 11.1 Å². The second kappa shape index (κ2) is 6.16. The average molecular weight is 309 g/mol. The van der Waals surface area contributed by atoms with E-state index in [0.29, 0.717) is 0 Å². The Morgan fingerprint density at radius 3 is 2.67 bits per heavy atom. The highest BCUT2D eigenvalue weighted by atomic mass is 79.9. The van der Waals surface area contributed by atoms with E-state index < -0.39 is 0 Å². The third kappa shape index (κ3) is 3.21. The summed E-state index contributed by atoms with van der Waals surface area (Å²) in [4.78, 5) is 0. The zero-order valence-electron chi connectivity index (χ0n) is 10.4. The maximum atomic E-state index is 8.92. The summed E-state index contributed by atoms with van der Waals surface area (Å²) in [5, 5.41) is 13.3. The highest BCUT2D eigenvalue weighted by Crippen LogP contribution is 2.19. The van der Waals surface area contributed by atoms with Gasteiger partial charge in [-0.05, 0) is 41.3 Å². The van der Waals surface area contributed by atoms with Gasteiger partial charge in [-0.1, -0.05) is 29.8 Å². The van der Waals surface area contributed by atoms with Crippen molar-refractivity contribution in [3.63, 3.8) is 0 Å². The summed E-state index contributed by atoms with van der Waals surface area (Å²) in [6.45, 7) is 3.07. The number of nitrogens with zero attached hydrogens (tertiary/aromatic N) is 2. The molecule has 0 spiro atoms. The average Bonchev–Trinajstić information content (AvgIpc) is 2.71. The number of benzene rings is 1. The second-order valence-electron chi connectivity index (χ2n) is 4.41. The second-order valence-corrected chi connectivity index (χ2v) is 5.26. The van der Waals surface area contributed by atoms with Crippen molar-refractivity contribution in [2.45, 2.75) is 26.3 Å². The Labute approximate surface area is 116 Å². The van der Waals surface area contributed by atoms with Gasteiger partial charge >= 0.3 is 0 Å². The summed E-state index contributed by atoms with van der Waals surface area (Å²) >= 11 is 3.51. The van der Waals surface area contributed by atoms with Crippen molar-refractivity contribution in [2.24, 2.45) is 0 Å². The molecule has 0 bridgehead atoms. The lowest BCUT2D eigenvalue weighted by Gasteiger charge is -2.08. The van der Waals surface area contributed by atoms with E-state index in [-0.39, 0.29) is 6.61 Å². The molecule has 0 amide bonds. The Balaban J connectivity index is 2.15. The fourth-order valence-corrected chi connectivity index (χ4v) is 2.38. The first-order chi connectivity index (χ1) is 8.70. The molecule has 0 aliphatic carbocycles. The van der Waals surface area contributed by atoms with Crippen LogP contribution in [0.4, 0.5) is 0 Å². The quantitative estimate of drug-likeness (QED) is 0.922. The van der Waals surface area contributed by atoms with E-state index in [0.717, 1.165) is 29.6 Å². The van der Waals surface area contributed by atoms with Crippen molar-refractivity contribution in [3.05, 3.63) is 51.8 Å². The van der Waals surface area contributed by atoms with Gasteiger partial charge in [0.05, 0.1) is 22.9 Å². The number of aliphatic hydroxyl groups excluding tert-OH is 1. The fraction of sp³-hybridized carbons (Fsp3) is 0.357. The summed E-state index contributed by atoms with van der Waals surface area (Å²) in [5.74, 6) is 0. The summed E-state index contributed by atoms with van der Waals surface area (Å²) in [6.07, 6.45) is 3.42. The molecule has 2 rings (SSSR count). The van der Waals surface area contributed by atoms with Gasteiger partial charge in [0, 0.05) is 6.61 Å². The maximum absolute atomic E-state index is 8.92. The summed E-state index contributed by atoms with van der Waals surface area (Å²) < 4.78 is 3.01. The molecule has 0 aliphatic heterocycles. The van der Waals surface area contributed by atoms with Crippen molar-refractivity contribution in [2.75, 3.05) is 6.61 Å². The van der Waals surface area contributed by atoms with Crippen LogP contribution in [-0.2, 0) is 13.0 Å². The third-order valence-corrected chi connectivity index (χ3v) is 3.58. The van der Waals surface area contributed by atoms with Crippen molar-refractivity contribution < 1.29 is 5.11 Å². The van der Waals surface area contributed by atoms with Gasteiger partial charge in [-0.3, -0.25) is 4.68 Å². The molecule has 3 nitrogen and oxygen atoms in total. The lowest BCUT2D eigenvalue weighted by Crippen LogP contribution is -2.07. The summed E-state index contributed by atoms with van der Waals surface area (Å²) in [6, 6.07) is 8.48. The van der Waals surface area contributed by atoms with E-state index in [1.807, 2.05) is 10.9 Å². The van der Waals surface area contributed by atoms with Crippen LogP contribution < -0.4 is 0 Å². The van der Waals surface area contributed by atoms with Gasteiger partial charge in [0.1, 0.15) is 0 Å². The smallest absolute Gasteiger partial charge is 0.0663 e. The minimum Gasteiger partial charge on any atom is -0.396 e. The van der Waals surface area contributed by atoms with Crippen LogP contribution in [0.1, 0.15) is 23.2 Å². The molecule has 0 aliphatic rings. The molecule has 18 heavy (non-hydrogen) atoms. The Hall–Kier alpha value is -1.13.